The van der Waals surface area contributed by atoms with Crippen molar-refractivity contribution in [3.8, 4) is 17.0 Å². The third-order valence-corrected chi connectivity index (χ3v) is 2.66. The lowest BCUT2D eigenvalue weighted by molar-refractivity contribution is -0.141. The Labute approximate surface area is 124 Å². The highest BCUT2D eigenvalue weighted by atomic mass is 35.5. The van der Waals surface area contributed by atoms with Crippen LogP contribution in [0.15, 0.2) is 30.3 Å². The van der Waals surface area contributed by atoms with Gasteiger partial charge in [0, 0.05) is 5.56 Å². The Morgan fingerprint density at radius 1 is 1.14 bits per heavy atom. The van der Waals surface area contributed by atoms with Crippen LogP contribution in [-0.4, -0.2) is 16.1 Å². The summed E-state index contributed by atoms with van der Waals surface area (Å²) in [6.07, 6.45) is -4.62. The molecule has 0 aliphatic rings. The Hall–Kier alpha value is -1.82. The van der Waals surface area contributed by atoms with E-state index in [0.717, 1.165) is 6.07 Å². The Morgan fingerprint density at radius 3 is 2.48 bits per heavy atom. The molecule has 0 radical (unpaired) electrons. The zero-order chi connectivity index (χ0) is 15.6. The maximum atomic E-state index is 12.7. The van der Waals surface area contributed by atoms with E-state index in [1.165, 1.54) is 0 Å². The summed E-state index contributed by atoms with van der Waals surface area (Å²) in [5.74, 6) is 0.547. The SMILES string of the molecule is CC(C)Oc1cccc(-c2cc(C(F)(F)F)nc(Cl)n2)c1. The molecule has 1 aromatic heterocycles. The topological polar surface area (TPSA) is 35.0 Å². The van der Waals surface area contributed by atoms with Gasteiger partial charge in [-0.2, -0.15) is 13.2 Å². The van der Waals surface area contributed by atoms with Crippen molar-refractivity contribution < 1.29 is 17.9 Å². The predicted molar refractivity (Wildman–Crippen MR) is 73.2 cm³/mol. The van der Waals surface area contributed by atoms with Crippen molar-refractivity contribution in [3.63, 3.8) is 0 Å². The summed E-state index contributed by atoms with van der Waals surface area (Å²) in [6, 6.07) is 7.50. The van der Waals surface area contributed by atoms with Gasteiger partial charge in [0.25, 0.3) is 0 Å². The Bertz CT molecular complexity index is 644. The largest absolute Gasteiger partial charge is 0.491 e. The summed E-state index contributed by atoms with van der Waals surface area (Å²) in [6.45, 7) is 3.71. The number of ether oxygens (including phenoxy) is 1. The number of halogens is 4. The van der Waals surface area contributed by atoms with E-state index in [-0.39, 0.29) is 11.8 Å². The molecule has 0 N–H and O–H groups in total. The van der Waals surface area contributed by atoms with Crippen molar-refractivity contribution in [2.24, 2.45) is 0 Å². The average Bonchev–Trinajstić information content (AvgIpc) is 2.36. The number of hydrogen-bond donors (Lipinski definition) is 0. The minimum Gasteiger partial charge on any atom is -0.491 e. The molecule has 3 nitrogen and oxygen atoms in total. The summed E-state index contributed by atoms with van der Waals surface area (Å²) in [5, 5.41) is -0.449. The highest BCUT2D eigenvalue weighted by molar-refractivity contribution is 6.28. The van der Waals surface area contributed by atoms with Crippen molar-refractivity contribution in [2.75, 3.05) is 0 Å². The van der Waals surface area contributed by atoms with Gasteiger partial charge in [0.15, 0.2) is 0 Å². The van der Waals surface area contributed by atoms with Gasteiger partial charge < -0.3 is 4.74 Å². The smallest absolute Gasteiger partial charge is 0.433 e. The van der Waals surface area contributed by atoms with Crippen LogP contribution in [0.3, 0.4) is 0 Å². The lowest BCUT2D eigenvalue weighted by Crippen LogP contribution is -2.09. The predicted octanol–water partition coefficient (Wildman–Crippen LogP) is 4.60. The van der Waals surface area contributed by atoms with Crippen LogP contribution in [-0.2, 0) is 6.18 Å². The molecule has 112 valence electrons. The normalized spacial score (nSPS) is 11.8. The molecule has 0 bridgehead atoms. The van der Waals surface area contributed by atoms with Crippen molar-refractivity contribution in [1.82, 2.24) is 9.97 Å². The summed E-state index contributed by atoms with van der Waals surface area (Å²) >= 11 is 5.58. The molecule has 0 aliphatic carbocycles. The van der Waals surface area contributed by atoms with E-state index in [1.807, 2.05) is 13.8 Å². The molecule has 0 amide bonds. The molecule has 1 heterocycles. The Morgan fingerprint density at radius 2 is 1.86 bits per heavy atom. The van der Waals surface area contributed by atoms with Gasteiger partial charge in [0.1, 0.15) is 11.4 Å². The fourth-order valence-electron chi connectivity index (χ4n) is 1.71. The van der Waals surface area contributed by atoms with Gasteiger partial charge in [0.2, 0.25) is 5.28 Å². The van der Waals surface area contributed by atoms with E-state index in [4.69, 9.17) is 16.3 Å². The maximum absolute atomic E-state index is 12.7. The van der Waals surface area contributed by atoms with Crippen LogP contribution in [0, 0.1) is 0 Å². The zero-order valence-electron chi connectivity index (χ0n) is 11.3. The fourth-order valence-corrected chi connectivity index (χ4v) is 1.89. The van der Waals surface area contributed by atoms with Gasteiger partial charge in [-0.1, -0.05) is 12.1 Å². The summed E-state index contributed by atoms with van der Waals surface area (Å²) in [7, 11) is 0. The molecule has 2 aromatic rings. The van der Waals surface area contributed by atoms with Crippen LogP contribution in [0.4, 0.5) is 13.2 Å². The Kier molecular flexibility index (Phi) is 4.37. The maximum Gasteiger partial charge on any atom is 0.433 e. The molecule has 0 unspecified atom stereocenters. The third-order valence-electron chi connectivity index (χ3n) is 2.49. The standard InChI is InChI=1S/C14H12ClF3N2O/c1-8(2)21-10-5-3-4-9(6-10)11-7-12(14(16,17)18)20-13(15)19-11/h3-8H,1-2H3. The van der Waals surface area contributed by atoms with Crippen molar-refractivity contribution in [1.29, 1.82) is 0 Å². The summed E-state index contributed by atoms with van der Waals surface area (Å²) < 4.78 is 43.7. The molecule has 0 fully saturated rings. The number of aromatic nitrogens is 2. The third kappa shape index (κ3) is 4.07. The molecule has 0 atom stereocenters. The van der Waals surface area contributed by atoms with E-state index in [0.29, 0.717) is 11.3 Å². The first-order valence-electron chi connectivity index (χ1n) is 6.14. The van der Waals surface area contributed by atoms with Gasteiger partial charge in [-0.05, 0) is 43.6 Å². The molecule has 0 saturated carbocycles. The number of rotatable bonds is 3. The molecule has 0 saturated heterocycles. The van der Waals surface area contributed by atoms with E-state index in [2.05, 4.69) is 9.97 Å². The second-order valence-electron chi connectivity index (χ2n) is 4.60. The van der Waals surface area contributed by atoms with Crippen LogP contribution in [0.1, 0.15) is 19.5 Å². The highest BCUT2D eigenvalue weighted by Gasteiger charge is 2.33. The first-order valence-corrected chi connectivity index (χ1v) is 6.52. The van der Waals surface area contributed by atoms with Crippen molar-refractivity contribution in [3.05, 3.63) is 41.3 Å². The van der Waals surface area contributed by atoms with Gasteiger partial charge in [0.05, 0.1) is 11.8 Å². The van der Waals surface area contributed by atoms with E-state index < -0.39 is 17.2 Å². The number of hydrogen-bond acceptors (Lipinski definition) is 3. The zero-order valence-corrected chi connectivity index (χ0v) is 12.0. The lowest BCUT2D eigenvalue weighted by Gasteiger charge is -2.12. The molecule has 0 spiro atoms. The van der Waals surface area contributed by atoms with Crippen LogP contribution in [0.5, 0.6) is 5.75 Å². The molecule has 2 rings (SSSR count). The van der Waals surface area contributed by atoms with E-state index in [9.17, 15) is 13.2 Å². The first kappa shape index (κ1) is 15.6. The molecule has 7 heteroatoms. The minimum atomic E-state index is -4.58. The van der Waals surface area contributed by atoms with Gasteiger partial charge in [-0.15, -0.1) is 0 Å². The van der Waals surface area contributed by atoms with Crippen LogP contribution < -0.4 is 4.74 Å². The summed E-state index contributed by atoms with van der Waals surface area (Å²) in [5.41, 5.74) is -0.507. The molecule has 0 aliphatic heterocycles. The monoisotopic (exact) mass is 316 g/mol. The Balaban J connectivity index is 2.44. The van der Waals surface area contributed by atoms with Gasteiger partial charge in [-0.25, -0.2) is 9.97 Å². The quantitative estimate of drug-likeness (QED) is 0.776. The highest BCUT2D eigenvalue weighted by Crippen LogP contribution is 2.31. The van der Waals surface area contributed by atoms with E-state index in [1.54, 1.807) is 24.3 Å². The number of nitrogens with zero attached hydrogens (tertiary/aromatic N) is 2. The van der Waals surface area contributed by atoms with Gasteiger partial charge in [-0.3, -0.25) is 0 Å². The van der Waals surface area contributed by atoms with Crippen molar-refractivity contribution >= 4 is 11.6 Å². The first-order chi connectivity index (χ1) is 9.75. The number of benzene rings is 1. The van der Waals surface area contributed by atoms with Crippen LogP contribution >= 0.6 is 11.6 Å². The van der Waals surface area contributed by atoms with E-state index >= 15 is 0 Å². The van der Waals surface area contributed by atoms with Gasteiger partial charge >= 0.3 is 6.18 Å². The molecule has 1 aromatic carbocycles. The number of alkyl halides is 3. The second kappa shape index (κ2) is 5.89. The fraction of sp³-hybridized carbons (Fsp3) is 0.286. The second-order valence-corrected chi connectivity index (χ2v) is 4.94. The molecule has 21 heavy (non-hydrogen) atoms. The molecular formula is C14H12ClF3N2O. The molecular weight excluding hydrogens is 305 g/mol. The minimum absolute atomic E-state index is 0.0417. The van der Waals surface area contributed by atoms with Crippen molar-refractivity contribution in [2.45, 2.75) is 26.1 Å². The average molecular weight is 317 g/mol. The lowest BCUT2D eigenvalue weighted by atomic mass is 10.1. The van der Waals surface area contributed by atoms with Crippen LogP contribution in [0.2, 0.25) is 5.28 Å². The van der Waals surface area contributed by atoms with Crippen LogP contribution in [0.25, 0.3) is 11.3 Å². The summed E-state index contributed by atoms with van der Waals surface area (Å²) in [4.78, 5) is 7.04.